The van der Waals surface area contributed by atoms with Crippen LogP contribution >= 0.6 is 11.3 Å². The molecule has 0 radical (unpaired) electrons. The van der Waals surface area contributed by atoms with Gasteiger partial charge in [-0.2, -0.15) is 0 Å². The van der Waals surface area contributed by atoms with Gasteiger partial charge in [0.05, 0.1) is 65.3 Å². The molecule has 0 saturated heterocycles. The lowest BCUT2D eigenvalue weighted by molar-refractivity contribution is 0.635. The van der Waals surface area contributed by atoms with Gasteiger partial charge in [-0.15, -0.1) is 11.3 Å². The van der Waals surface area contributed by atoms with E-state index in [9.17, 15) is 0 Å². The molecule has 0 N–H and O–H groups in total. The quantitative estimate of drug-likeness (QED) is 0.144. The maximum Gasteiger partial charge on any atom is 0.159 e. The molecule has 27 rings (SSSR count). The van der Waals surface area contributed by atoms with Gasteiger partial charge >= 0.3 is 0 Å². The average Bonchev–Trinajstić information content (AvgIpc) is 1.56. The van der Waals surface area contributed by atoms with Crippen LogP contribution in [0.3, 0.4) is 0 Å². The summed E-state index contributed by atoms with van der Waals surface area (Å²) in [5.74, 6) is 2.68. The Morgan fingerprint density at radius 2 is 0.528 bits per heavy atom. The second-order valence-corrected chi connectivity index (χ2v) is 32.5. The van der Waals surface area contributed by atoms with Crippen molar-refractivity contribution in [2.45, 2.75) is 0 Å². The largest absolute Gasteiger partial charge is 0.456 e. The van der Waals surface area contributed by atoms with Crippen LogP contribution in [0, 0.1) is 0 Å². The minimum absolute atomic E-state index is 0.880. The fourth-order valence-corrected chi connectivity index (χ4v) is 20.5. The Morgan fingerprint density at radius 3 is 1.00 bits per heavy atom. The van der Waals surface area contributed by atoms with Crippen LogP contribution in [0.4, 0.5) is 0 Å². The highest BCUT2D eigenvalue weighted by Crippen LogP contribution is 2.52. The van der Waals surface area contributed by atoms with E-state index >= 15 is 0 Å². The molecule has 27 aromatic rings. The van der Waals surface area contributed by atoms with Gasteiger partial charge in [-0.1, -0.05) is 315 Å². The molecule has 0 spiro atoms. The highest BCUT2D eigenvalue weighted by molar-refractivity contribution is 7.26. The van der Waals surface area contributed by atoms with E-state index in [4.69, 9.17) is 22.1 Å². The molecular formula is C114H69N3O5S. The number of benzene rings is 18. The molecule has 9 heterocycles. The summed E-state index contributed by atoms with van der Waals surface area (Å²) in [7, 11) is 0. The van der Waals surface area contributed by atoms with Crippen LogP contribution in [-0.2, 0) is 0 Å². The normalized spacial score (nSPS) is 11.9. The predicted molar refractivity (Wildman–Crippen MR) is 512 cm³/mol. The zero-order valence-corrected chi connectivity index (χ0v) is 66.9. The number of aromatic nitrogens is 3. The summed E-state index contributed by atoms with van der Waals surface area (Å²) in [4.78, 5) is 0. The molecule has 576 valence electrons. The monoisotopic (exact) mass is 1590 g/mol. The number of fused-ring (bicyclic) bond motifs is 24. The number of hydrogen-bond donors (Lipinski definition) is 0. The molecule has 0 amide bonds. The number of rotatable bonds is 9. The Labute approximate surface area is 707 Å². The van der Waals surface area contributed by atoms with Gasteiger partial charge in [0.1, 0.15) is 50.8 Å². The molecule has 0 bridgehead atoms. The summed E-state index contributed by atoms with van der Waals surface area (Å²) in [6, 6.07) is 147. The van der Waals surface area contributed by atoms with Crippen LogP contribution in [0.5, 0.6) is 0 Å². The standard InChI is InChI=1S/2C38H23NO2.C38H23NOS/c1-3-12-24(13-4-1)34-29-22-23-31-35(38(29)41-36(34)25-14-5-2-6-15-25)28-17-7-9-19-30(28)39(31)32-20-11-18-27-26-16-8-10-21-33(26)40-37(27)32;1-3-11-24(12-4-1)35-29-20-21-32-36(38(29)41-37(35)25-13-5-2-6-14-25)28-16-7-9-17-31(28)39(32)26-19-22-34-30(23-26)27-15-8-10-18-33(27)40-34;1-3-12-24(13-4-1)34-29-22-23-31-35(37(29)40-36(34)25-14-5-2-6-15-25)28-17-7-9-19-30(28)39(31)32-20-11-18-27-26-16-8-10-21-33(26)41-38(27)32/h3*1-23H. The van der Waals surface area contributed by atoms with Crippen molar-refractivity contribution in [1.82, 2.24) is 13.7 Å². The zero-order chi connectivity index (χ0) is 80.7. The summed E-state index contributed by atoms with van der Waals surface area (Å²) < 4.78 is 43.1. The summed E-state index contributed by atoms with van der Waals surface area (Å²) in [6.07, 6.45) is 0. The van der Waals surface area contributed by atoms with Gasteiger partial charge in [0.25, 0.3) is 0 Å². The van der Waals surface area contributed by atoms with E-state index in [1.54, 1.807) is 0 Å². The van der Waals surface area contributed by atoms with E-state index in [0.29, 0.717) is 0 Å². The number of thiophene rings is 1. The first-order valence-electron chi connectivity index (χ1n) is 41.6. The van der Waals surface area contributed by atoms with Gasteiger partial charge < -0.3 is 35.8 Å². The van der Waals surface area contributed by atoms with Crippen molar-refractivity contribution in [3.8, 4) is 84.4 Å². The second-order valence-electron chi connectivity index (χ2n) is 31.5. The van der Waals surface area contributed by atoms with Gasteiger partial charge in [0.2, 0.25) is 0 Å². The van der Waals surface area contributed by atoms with Crippen LogP contribution in [0.1, 0.15) is 0 Å². The molecule has 123 heavy (non-hydrogen) atoms. The molecule has 0 saturated carbocycles. The topological polar surface area (TPSA) is 80.5 Å². The molecule has 0 aliphatic rings. The van der Waals surface area contributed by atoms with Crippen molar-refractivity contribution in [1.29, 1.82) is 0 Å². The van der Waals surface area contributed by atoms with Crippen molar-refractivity contribution in [2.24, 2.45) is 0 Å². The number of furan rings is 5. The summed E-state index contributed by atoms with van der Waals surface area (Å²) in [5, 5.41) is 17.3. The van der Waals surface area contributed by atoms with Crippen LogP contribution < -0.4 is 0 Å². The van der Waals surface area contributed by atoms with Crippen molar-refractivity contribution in [3.63, 3.8) is 0 Å². The molecule has 9 aromatic heterocycles. The molecule has 8 nitrogen and oxygen atoms in total. The Morgan fingerprint density at radius 1 is 0.187 bits per heavy atom. The average molecular weight is 1590 g/mol. The van der Waals surface area contributed by atoms with E-state index in [0.717, 1.165) is 205 Å². The van der Waals surface area contributed by atoms with Gasteiger partial charge in [-0.25, -0.2) is 0 Å². The van der Waals surface area contributed by atoms with Crippen molar-refractivity contribution >= 4 is 174 Å². The fraction of sp³-hybridized carbons (Fsp3) is 0. The van der Waals surface area contributed by atoms with Crippen molar-refractivity contribution in [3.05, 3.63) is 419 Å². The van der Waals surface area contributed by atoms with Gasteiger partial charge in [0, 0.05) is 108 Å². The van der Waals surface area contributed by atoms with Gasteiger partial charge in [-0.05, 0) is 120 Å². The van der Waals surface area contributed by atoms with Crippen molar-refractivity contribution < 1.29 is 22.1 Å². The molecule has 0 fully saturated rings. The maximum atomic E-state index is 6.94. The first-order valence-corrected chi connectivity index (χ1v) is 42.4. The maximum absolute atomic E-state index is 6.94. The summed E-state index contributed by atoms with van der Waals surface area (Å²) in [5.41, 5.74) is 26.4. The van der Waals surface area contributed by atoms with Crippen molar-refractivity contribution in [2.75, 3.05) is 0 Å². The Balaban J connectivity index is 0.000000101. The fourth-order valence-electron chi connectivity index (χ4n) is 19.3. The Hall–Kier alpha value is -16.2. The van der Waals surface area contributed by atoms with E-state index in [1.807, 2.05) is 47.7 Å². The van der Waals surface area contributed by atoms with E-state index in [1.165, 1.54) is 42.1 Å². The lowest BCUT2D eigenvalue weighted by Crippen LogP contribution is -1.94. The van der Waals surface area contributed by atoms with Gasteiger partial charge in [0.15, 0.2) is 5.58 Å². The molecular weight excluding hydrogens is 1520 g/mol. The highest BCUT2D eigenvalue weighted by atomic mass is 32.1. The third kappa shape index (κ3) is 11.0. The molecule has 0 aliphatic heterocycles. The van der Waals surface area contributed by atoms with Crippen LogP contribution in [0.2, 0.25) is 0 Å². The third-order valence-corrected chi connectivity index (χ3v) is 25.8. The molecule has 0 atom stereocenters. The minimum Gasteiger partial charge on any atom is -0.456 e. The first kappa shape index (κ1) is 69.9. The lowest BCUT2D eigenvalue weighted by Gasteiger charge is -2.09. The van der Waals surface area contributed by atoms with E-state index < -0.39 is 0 Å². The Bertz CT molecular complexity index is 8500. The summed E-state index contributed by atoms with van der Waals surface area (Å²) >= 11 is 1.86. The molecule has 9 heteroatoms. The minimum atomic E-state index is 0.880. The number of para-hydroxylation sites is 6. The lowest BCUT2D eigenvalue weighted by atomic mass is 9.98. The van der Waals surface area contributed by atoms with Crippen LogP contribution in [-0.4, -0.2) is 13.7 Å². The SMILES string of the molecule is c1ccc(-c2oc3c(ccc4c3c3ccccc3n4-c3ccc4oc5ccccc5c4c3)c2-c2ccccc2)cc1.c1ccc(-c2oc3c(ccc4c3c3ccccc3n4-c3cccc4c3oc3ccccc34)c2-c2ccccc2)cc1.c1ccc(-c2oc3c(ccc4c3c3ccccc3n4-c3cccc4c3sc3ccccc34)c2-c2ccccc2)cc1. The molecule has 0 aliphatic carbocycles. The first-order chi connectivity index (χ1) is 61.1. The smallest absolute Gasteiger partial charge is 0.159 e. The Kier molecular flexibility index (Phi) is 16.1. The summed E-state index contributed by atoms with van der Waals surface area (Å²) in [6.45, 7) is 0. The highest BCUT2D eigenvalue weighted by Gasteiger charge is 2.29. The van der Waals surface area contributed by atoms with Crippen LogP contribution in [0.25, 0.3) is 247 Å². The number of hydrogen-bond acceptors (Lipinski definition) is 6. The van der Waals surface area contributed by atoms with Crippen LogP contribution in [0.15, 0.2) is 441 Å². The van der Waals surface area contributed by atoms with E-state index in [-0.39, 0.29) is 0 Å². The predicted octanol–water partition coefficient (Wildman–Crippen LogP) is 32.8. The van der Waals surface area contributed by atoms with E-state index in [2.05, 4.69) is 396 Å². The third-order valence-electron chi connectivity index (χ3n) is 24.6. The molecule has 0 unspecified atom stereocenters. The zero-order valence-electron chi connectivity index (χ0n) is 66.1. The van der Waals surface area contributed by atoms with Gasteiger partial charge in [-0.3, -0.25) is 0 Å². The molecule has 18 aromatic carbocycles. The second kappa shape index (κ2) is 28.3. The number of nitrogens with zero attached hydrogens (tertiary/aromatic N) is 3.